The highest BCUT2D eigenvalue weighted by Crippen LogP contribution is 2.29. The second kappa shape index (κ2) is 6.11. The molecule has 0 atom stereocenters. The van der Waals surface area contributed by atoms with Crippen molar-refractivity contribution < 1.29 is 9.18 Å². The van der Waals surface area contributed by atoms with Crippen molar-refractivity contribution >= 4 is 17.5 Å². The fourth-order valence-corrected chi connectivity index (χ4v) is 3.39. The van der Waals surface area contributed by atoms with E-state index in [0.717, 1.165) is 37.3 Å². The SMILES string of the molecule is O=C(Nc1cccnc1N1CCCC1)N1Cc2cccc(F)c2C1. The van der Waals surface area contributed by atoms with E-state index < -0.39 is 0 Å². The van der Waals surface area contributed by atoms with Crippen LogP contribution < -0.4 is 10.2 Å². The molecule has 1 aromatic carbocycles. The Morgan fingerprint density at radius 3 is 2.75 bits per heavy atom. The van der Waals surface area contributed by atoms with Crippen molar-refractivity contribution in [2.75, 3.05) is 23.3 Å². The van der Waals surface area contributed by atoms with E-state index in [4.69, 9.17) is 0 Å². The lowest BCUT2D eigenvalue weighted by molar-refractivity contribution is 0.212. The summed E-state index contributed by atoms with van der Waals surface area (Å²) < 4.78 is 13.8. The number of aromatic nitrogens is 1. The molecule has 0 unspecified atom stereocenters. The predicted octanol–water partition coefficient (Wildman–Crippen LogP) is 3.37. The minimum atomic E-state index is -0.248. The first-order chi connectivity index (χ1) is 11.7. The summed E-state index contributed by atoms with van der Waals surface area (Å²) in [6, 6.07) is 8.44. The number of carbonyl (C=O) groups is 1. The van der Waals surface area contributed by atoms with E-state index in [0.29, 0.717) is 24.3 Å². The summed E-state index contributed by atoms with van der Waals surface area (Å²) in [5.41, 5.74) is 2.19. The molecule has 2 aromatic rings. The lowest BCUT2D eigenvalue weighted by Crippen LogP contribution is -2.31. The minimum Gasteiger partial charge on any atom is -0.355 e. The topological polar surface area (TPSA) is 48.5 Å². The first kappa shape index (κ1) is 14.9. The van der Waals surface area contributed by atoms with E-state index in [-0.39, 0.29) is 11.8 Å². The zero-order chi connectivity index (χ0) is 16.5. The average molecular weight is 326 g/mol. The Bertz CT molecular complexity index is 773. The van der Waals surface area contributed by atoms with Crippen LogP contribution in [0.2, 0.25) is 0 Å². The molecule has 0 spiro atoms. The molecule has 1 N–H and O–H groups in total. The minimum absolute atomic E-state index is 0.223. The molecule has 3 heterocycles. The fourth-order valence-electron chi connectivity index (χ4n) is 3.39. The highest BCUT2D eigenvalue weighted by molar-refractivity contribution is 5.92. The largest absolute Gasteiger partial charge is 0.355 e. The van der Waals surface area contributed by atoms with E-state index in [1.54, 1.807) is 17.2 Å². The third-order valence-corrected chi connectivity index (χ3v) is 4.65. The smallest absolute Gasteiger partial charge is 0.322 e. The zero-order valence-electron chi connectivity index (χ0n) is 13.3. The maximum atomic E-state index is 13.8. The number of anilines is 2. The Balaban J connectivity index is 1.51. The zero-order valence-corrected chi connectivity index (χ0v) is 13.3. The molecule has 6 heteroatoms. The van der Waals surface area contributed by atoms with Crippen LogP contribution in [0.1, 0.15) is 24.0 Å². The molecule has 5 nitrogen and oxygen atoms in total. The van der Waals surface area contributed by atoms with Gasteiger partial charge in [-0.15, -0.1) is 0 Å². The van der Waals surface area contributed by atoms with Gasteiger partial charge >= 0.3 is 6.03 Å². The van der Waals surface area contributed by atoms with Crippen molar-refractivity contribution in [2.45, 2.75) is 25.9 Å². The van der Waals surface area contributed by atoms with Gasteiger partial charge in [0.1, 0.15) is 5.82 Å². The van der Waals surface area contributed by atoms with Crippen LogP contribution in [0.4, 0.5) is 20.7 Å². The Morgan fingerprint density at radius 1 is 1.12 bits per heavy atom. The van der Waals surface area contributed by atoms with Gasteiger partial charge in [-0.1, -0.05) is 12.1 Å². The summed E-state index contributed by atoms with van der Waals surface area (Å²) in [4.78, 5) is 20.8. The fraction of sp³-hybridized carbons (Fsp3) is 0.333. The van der Waals surface area contributed by atoms with E-state index in [9.17, 15) is 9.18 Å². The monoisotopic (exact) mass is 326 g/mol. The van der Waals surface area contributed by atoms with Gasteiger partial charge in [0.15, 0.2) is 5.82 Å². The maximum absolute atomic E-state index is 13.8. The van der Waals surface area contributed by atoms with Gasteiger partial charge in [0, 0.05) is 31.4 Å². The molecule has 2 amide bonds. The lowest BCUT2D eigenvalue weighted by Gasteiger charge is -2.22. The van der Waals surface area contributed by atoms with Gasteiger partial charge in [0.25, 0.3) is 0 Å². The molecule has 0 bridgehead atoms. The molecule has 0 aliphatic carbocycles. The lowest BCUT2D eigenvalue weighted by atomic mass is 10.1. The number of hydrogen-bond acceptors (Lipinski definition) is 3. The van der Waals surface area contributed by atoms with Crippen LogP contribution in [0.3, 0.4) is 0 Å². The number of urea groups is 1. The van der Waals surface area contributed by atoms with Crippen molar-refractivity contribution in [1.82, 2.24) is 9.88 Å². The molecule has 0 saturated carbocycles. The van der Waals surface area contributed by atoms with Gasteiger partial charge in [0.05, 0.1) is 12.2 Å². The molecule has 2 aliphatic heterocycles. The van der Waals surface area contributed by atoms with Crippen LogP contribution in [0, 0.1) is 5.82 Å². The standard InChI is InChI=1S/C18H19FN4O/c19-15-6-3-5-13-11-23(12-14(13)15)18(24)21-16-7-4-8-20-17(16)22-9-1-2-10-22/h3-8H,1-2,9-12H2,(H,21,24). The second-order valence-electron chi connectivity index (χ2n) is 6.23. The van der Waals surface area contributed by atoms with E-state index >= 15 is 0 Å². The molecule has 1 saturated heterocycles. The third kappa shape index (κ3) is 2.68. The maximum Gasteiger partial charge on any atom is 0.322 e. The van der Waals surface area contributed by atoms with Gasteiger partial charge < -0.3 is 15.1 Å². The molecule has 4 rings (SSSR count). The number of amides is 2. The number of nitrogens with one attached hydrogen (secondary N) is 1. The van der Waals surface area contributed by atoms with Crippen LogP contribution in [-0.4, -0.2) is 29.0 Å². The summed E-state index contributed by atoms with van der Waals surface area (Å²) in [5.74, 6) is 0.563. The van der Waals surface area contributed by atoms with E-state index in [1.807, 2.05) is 18.2 Å². The van der Waals surface area contributed by atoms with E-state index in [1.165, 1.54) is 6.07 Å². The highest BCUT2D eigenvalue weighted by Gasteiger charge is 2.26. The van der Waals surface area contributed by atoms with Crippen molar-refractivity contribution in [2.24, 2.45) is 0 Å². The van der Waals surface area contributed by atoms with Crippen LogP contribution in [0.25, 0.3) is 0 Å². The number of benzene rings is 1. The molecule has 2 aliphatic rings. The van der Waals surface area contributed by atoms with Crippen LogP contribution in [-0.2, 0) is 13.1 Å². The Kier molecular flexibility index (Phi) is 3.80. The number of halogens is 1. The third-order valence-electron chi connectivity index (χ3n) is 4.65. The molecule has 1 fully saturated rings. The van der Waals surface area contributed by atoms with Crippen molar-refractivity contribution in [3.63, 3.8) is 0 Å². The second-order valence-corrected chi connectivity index (χ2v) is 6.23. The van der Waals surface area contributed by atoms with Crippen LogP contribution >= 0.6 is 0 Å². The number of carbonyl (C=O) groups excluding carboxylic acids is 1. The molecule has 124 valence electrons. The Labute approximate surface area is 140 Å². The first-order valence-electron chi connectivity index (χ1n) is 8.24. The van der Waals surface area contributed by atoms with Gasteiger partial charge in [-0.3, -0.25) is 0 Å². The summed E-state index contributed by atoms with van der Waals surface area (Å²) in [6.07, 6.45) is 4.03. The van der Waals surface area contributed by atoms with Gasteiger partial charge in [0.2, 0.25) is 0 Å². The van der Waals surface area contributed by atoms with E-state index in [2.05, 4.69) is 15.2 Å². The Morgan fingerprint density at radius 2 is 1.96 bits per heavy atom. The van der Waals surface area contributed by atoms with Crippen molar-refractivity contribution in [1.29, 1.82) is 0 Å². The number of fused-ring (bicyclic) bond motifs is 1. The quantitative estimate of drug-likeness (QED) is 0.920. The first-order valence-corrected chi connectivity index (χ1v) is 8.24. The highest BCUT2D eigenvalue weighted by atomic mass is 19.1. The summed E-state index contributed by atoms with van der Waals surface area (Å²) in [6.45, 7) is 2.64. The molecule has 1 aromatic heterocycles. The number of pyridine rings is 1. The average Bonchev–Trinajstić information content (AvgIpc) is 3.25. The molecular weight excluding hydrogens is 307 g/mol. The number of rotatable bonds is 2. The van der Waals surface area contributed by atoms with Crippen LogP contribution in [0.5, 0.6) is 0 Å². The molecular formula is C18H19FN4O. The summed E-state index contributed by atoms with van der Waals surface area (Å²) in [5, 5.41) is 2.94. The summed E-state index contributed by atoms with van der Waals surface area (Å²) >= 11 is 0. The predicted molar refractivity (Wildman–Crippen MR) is 90.3 cm³/mol. The molecule has 0 radical (unpaired) electrons. The molecule has 24 heavy (non-hydrogen) atoms. The Hall–Kier alpha value is -2.63. The van der Waals surface area contributed by atoms with Gasteiger partial charge in [-0.2, -0.15) is 0 Å². The van der Waals surface area contributed by atoms with Crippen molar-refractivity contribution in [3.8, 4) is 0 Å². The normalized spacial score (nSPS) is 16.4. The number of hydrogen-bond donors (Lipinski definition) is 1. The van der Waals surface area contributed by atoms with Crippen LogP contribution in [0.15, 0.2) is 36.5 Å². The number of nitrogens with zero attached hydrogens (tertiary/aromatic N) is 3. The summed E-state index contributed by atoms with van der Waals surface area (Å²) in [7, 11) is 0. The van der Waals surface area contributed by atoms with Gasteiger partial charge in [-0.05, 0) is 36.6 Å². The van der Waals surface area contributed by atoms with Crippen molar-refractivity contribution in [3.05, 3.63) is 53.5 Å². The van der Waals surface area contributed by atoms with Gasteiger partial charge in [-0.25, -0.2) is 14.2 Å².